The van der Waals surface area contributed by atoms with Gasteiger partial charge in [0.05, 0.1) is 30.8 Å². The Hall–Kier alpha value is -2.19. The van der Waals surface area contributed by atoms with Crippen LogP contribution in [0.3, 0.4) is 0 Å². The molecule has 1 atom stereocenters. The SMILES string of the molecule is Nc1ccc([N+](=O)[O-])c(C(=O)N2CCOCC2CO)c1. The highest BCUT2D eigenvalue weighted by Crippen LogP contribution is 2.24. The highest BCUT2D eigenvalue weighted by Gasteiger charge is 2.31. The van der Waals surface area contributed by atoms with Gasteiger partial charge in [-0.3, -0.25) is 14.9 Å². The van der Waals surface area contributed by atoms with Crippen LogP contribution < -0.4 is 5.73 Å². The lowest BCUT2D eigenvalue weighted by atomic mass is 10.1. The summed E-state index contributed by atoms with van der Waals surface area (Å²) < 4.78 is 5.18. The predicted octanol–water partition coefficient (Wildman–Crippen LogP) is 0.0103. The Labute approximate surface area is 114 Å². The van der Waals surface area contributed by atoms with Gasteiger partial charge in [0.15, 0.2) is 0 Å². The molecule has 0 aromatic heterocycles. The lowest BCUT2D eigenvalue weighted by Gasteiger charge is -2.34. The smallest absolute Gasteiger partial charge is 0.282 e. The maximum atomic E-state index is 12.4. The van der Waals surface area contributed by atoms with Crippen molar-refractivity contribution in [1.82, 2.24) is 4.90 Å². The number of anilines is 1. The third-order valence-electron chi connectivity index (χ3n) is 3.15. The fourth-order valence-electron chi connectivity index (χ4n) is 2.11. The molecule has 1 aliphatic rings. The number of carbonyl (C=O) groups excluding carboxylic acids is 1. The first kappa shape index (κ1) is 14.2. The van der Waals surface area contributed by atoms with Gasteiger partial charge in [-0.1, -0.05) is 0 Å². The zero-order valence-corrected chi connectivity index (χ0v) is 10.7. The van der Waals surface area contributed by atoms with Crippen LogP contribution in [0.25, 0.3) is 0 Å². The van der Waals surface area contributed by atoms with Gasteiger partial charge in [-0.2, -0.15) is 0 Å². The molecule has 108 valence electrons. The van der Waals surface area contributed by atoms with Gasteiger partial charge in [0.2, 0.25) is 0 Å². The van der Waals surface area contributed by atoms with E-state index in [1.807, 2.05) is 0 Å². The Balaban J connectivity index is 2.36. The number of nitro groups is 1. The molecule has 20 heavy (non-hydrogen) atoms. The molecule has 0 saturated carbocycles. The Morgan fingerprint density at radius 1 is 1.60 bits per heavy atom. The zero-order chi connectivity index (χ0) is 14.7. The van der Waals surface area contributed by atoms with Gasteiger partial charge in [0.25, 0.3) is 11.6 Å². The summed E-state index contributed by atoms with van der Waals surface area (Å²) in [7, 11) is 0. The molecule has 1 amide bonds. The van der Waals surface area contributed by atoms with E-state index in [2.05, 4.69) is 0 Å². The van der Waals surface area contributed by atoms with Crippen LogP contribution in [0, 0.1) is 10.1 Å². The molecule has 8 nitrogen and oxygen atoms in total. The summed E-state index contributed by atoms with van der Waals surface area (Å²) in [6, 6.07) is 3.36. The number of ether oxygens (including phenoxy) is 1. The zero-order valence-electron chi connectivity index (χ0n) is 10.7. The van der Waals surface area contributed by atoms with Crippen LogP contribution in [0.15, 0.2) is 18.2 Å². The first-order valence-electron chi connectivity index (χ1n) is 6.08. The number of nitrogens with zero attached hydrogens (tertiary/aromatic N) is 2. The van der Waals surface area contributed by atoms with Crippen LogP contribution in [0.1, 0.15) is 10.4 Å². The van der Waals surface area contributed by atoms with Crippen molar-refractivity contribution in [2.75, 3.05) is 32.1 Å². The van der Waals surface area contributed by atoms with E-state index >= 15 is 0 Å². The maximum Gasteiger partial charge on any atom is 0.282 e. The number of morpholine rings is 1. The van der Waals surface area contributed by atoms with Crippen molar-refractivity contribution >= 4 is 17.3 Å². The largest absolute Gasteiger partial charge is 0.399 e. The summed E-state index contributed by atoms with van der Waals surface area (Å²) in [5.41, 5.74) is 5.49. The number of aliphatic hydroxyl groups excluding tert-OH is 1. The van der Waals surface area contributed by atoms with Crippen molar-refractivity contribution in [3.8, 4) is 0 Å². The lowest BCUT2D eigenvalue weighted by Crippen LogP contribution is -2.50. The number of nitrogens with two attached hydrogens (primary N) is 1. The lowest BCUT2D eigenvalue weighted by molar-refractivity contribution is -0.385. The molecule has 3 N–H and O–H groups in total. The average molecular weight is 281 g/mol. The monoisotopic (exact) mass is 281 g/mol. The molecule has 8 heteroatoms. The van der Waals surface area contributed by atoms with Gasteiger partial charge in [0, 0.05) is 18.3 Å². The fraction of sp³-hybridized carbons (Fsp3) is 0.417. The summed E-state index contributed by atoms with van der Waals surface area (Å²) in [5.74, 6) is -0.522. The van der Waals surface area contributed by atoms with E-state index in [1.165, 1.54) is 23.1 Å². The van der Waals surface area contributed by atoms with Crippen molar-refractivity contribution in [2.24, 2.45) is 0 Å². The van der Waals surface area contributed by atoms with E-state index in [1.54, 1.807) is 0 Å². The van der Waals surface area contributed by atoms with Gasteiger partial charge < -0.3 is 20.5 Å². The van der Waals surface area contributed by atoms with Crippen LogP contribution in [-0.4, -0.2) is 53.2 Å². The van der Waals surface area contributed by atoms with Crippen LogP contribution >= 0.6 is 0 Å². The summed E-state index contributed by atoms with van der Waals surface area (Å²) in [6.45, 7) is 0.550. The Bertz CT molecular complexity index is 534. The van der Waals surface area contributed by atoms with Crippen molar-refractivity contribution in [3.05, 3.63) is 33.9 Å². The first-order valence-corrected chi connectivity index (χ1v) is 6.08. The second-order valence-corrected chi connectivity index (χ2v) is 4.44. The summed E-state index contributed by atoms with van der Waals surface area (Å²) in [5, 5.41) is 20.2. The fourth-order valence-corrected chi connectivity index (χ4v) is 2.11. The number of nitro benzene ring substituents is 1. The molecule has 1 saturated heterocycles. The average Bonchev–Trinajstić information content (AvgIpc) is 2.46. The minimum Gasteiger partial charge on any atom is -0.399 e. The molecular weight excluding hydrogens is 266 g/mol. The number of aliphatic hydroxyl groups is 1. The van der Waals surface area contributed by atoms with Crippen LogP contribution in [0.4, 0.5) is 11.4 Å². The summed E-state index contributed by atoms with van der Waals surface area (Å²) >= 11 is 0. The third kappa shape index (κ3) is 2.70. The van der Waals surface area contributed by atoms with E-state index in [0.717, 1.165) is 0 Å². The standard InChI is InChI=1S/C12H15N3O5/c13-8-1-2-11(15(18)19)10(5-8)12(17)14-3-4-20-7-9(14)6-16/h1-2,5,9,16H,3-4,6-7,13H2. The van der Waals surface area contributed by atoms with E-state index < -0.39 is 16.9 Å². The van der Waals surface area contributed by atoms with Gasteiger partial charge in [0.1, 0.15) is 5.56 Å². The molecule has 1 aliphatic heterocycles. The number of hydrogen-bond donors (Lipinski definition) is 2. The number of hydrogen-bond acceptors (Lipinski definition) is 6. The molecule has 0 aliphatic carbocycles. The van der Waals surface area contributed by atoms with Gasteiger partial charge in [-0.05, 0) is 12.1 Å². The molecule has 0 radical (unpaired) electrons. The number of rotatable bonds is 3. The second kappa shape index (κ2) is 5.85. The Kier molecular flexibility index (Phi) is 4.16. The summed E-state index contributed by atoms with van der Waals surface area (Å²) in [6.07, 6.45) is 0. The highest BCUT2D eigenvalue weighted by atomic mass is 16.6. The number of amides is 1. The molecule has 1 unspecified atom stereocenters. The molecule has 1 fully saturated rings. The van der Waals surface area contributed by atoms with E-state index in [0.29, 0.717) is 6.61 Å². The number of carbonyl (C=O) groups is 1. The normalized spacial score (nSPS) is 18.9. The van der Waals surface area contributed by atoms with E-state index in [-0.39, 0.29) is 36.7 Å². The van der Waals surface area contributed by atoms with E-state index in [4.69, 9.17) is 10.5 Å². The van der Waals surface area contributed by atoms with E-state index in [9.17, 15) is 20.0 Å². The molecule has 0 bridgehead atoms. The number of nitrogen functional groups attached to an aromatic ring is 1. The highest BCUT2D eigenvalue weighted by molar-refractivity contribution is 5.99. The van der Waals surface area contributed by atoms with Crippen LogP contribution in [-0.2, 0) is 4.74 Å². The first-order chi connectivity index (χ1) is 9.54. The van der Waals surface area contributed by atoms with Crippen molar-refractivity contribution in [3.63, 3.8) is 0 Å². The minimum absolute atomic E-state index is 0.0737. The molecule has 1 aromatic carbocycles. The Morgan fingerprint density at radius 2 is 2.35 bits per heavy atom. The summed E-state index contributed by atoms with van der Waals surface area (Å²) in [4.78, 5) is 24.2. The molecule has 1 heterocycles. The van der Waals surface area contributed by atoms with Crippen molar-refractivity contribution < 1.29 is 19.6 Å². The van der Waals surface area contributed by atoms with Crippen LogP contribution in [0.2, 0.25) is 0 Å². The minimum atomic E-state index is -0.624. The van der Waals surface area contributed by atoms with Gasteiger partial charge >= 0.3 is 0 Å². The molecule has 2 rings (SSSR count). The topological polar surface area (TPSA) is 119 Å². The molecule has 0 spiro atoms. The Morgan fingerprint density at radius 3 is 3.00 bits per heavy atom. The molecule has 1 aromatic rings. The van der Waals surface area contributed by atoms with Crippen molar-refractivity contribution in [2.45, 2.75) is 6.04 Å². The quantitative estimate of drug-likeness (QED) is 0.457. The second-order valence-electron chi connectivity index (χ2n) is 4.44. The number of benzene rings is 1. The van der Waals surface area contributed by atoms with Gasteiger partial charge in [-0.15, -0.1) is 0 Å². The third-order valence-corrected chi connectivity index (χ3v) is 3.15. The predicted molar refractivity (Wildman–Crippen MR) is 70.2 cm³/mol. The van der Waals surface area contributed by atoms with Crippen LogP contribution in [0.5, 0.6) is 0 Å². The molecular formula is C12H15N3O5. The maximum absolute atomic E-state index is 12.4. The van der Waals surface area contributed by atoms with Gasteiger partial charge in [-0.25, -0.2) is 0 Å². The van der Waals surface area contributed by atoms with Crippen molar-refractivity contribution in [1.29, 1.82) is 0 Å².